The Bertz CT molecular complexity index is 391. The zero-order valence-electron chi connectivity index (χ0n) is 10.5. The highest BCUT2D eigenvalue weighted by atomic mass is 79.9. The van der Waals surface area contributed by atoms with E-state index in [1.807, 2.05) is 13.0 Å². The molecule has 0 spiro atoms. The predicted octanol–water partition coefficient (Wildman–Crippen LogP) is 4.55. The van der Waals surface area contributed by atoms with E-state index in [0.29, 0.717) is 12.5 Å². The molecule has 2 rings (SSSR count). The topological polar surface area (TPSA) is 18.5 Å². The zero-order chi connectivity index (χ0) is 13.0. The Kier molecular flexibility index (Phi) is 5.34. The molecule has 0 aromatic heterocycles. The Morgan fingerprint density at radius 1 is 1.44 bits per heavy atom. The molecule has 0 N–H and O–H groups in total. The summed E-state index contributed by atoms with van der Waals surface area (Å²) < 4.78 is 11.9. The third kappa shape index (κ3) is 3.40. The van der Waals surface area contributed by atoms with Gasteiger partial charge in [0.25, 0.3) is 0 Å². The first kappa shape index (κ1) is 14.2. The van der Waals surface area contributed by atoms with Crippen LogP contribution in [0.3, 0.4) is 0 Å². The highest BCUT2D eigenvalue weighted by Crippen LogP contribution is 2.38. The molecule has 18 heavy (non-hydrogen) atoms. The van der Waals surface area contributed by atoms with Gasteiger partial charge in [-0.15, -0.1) is 11.6 Å². The van der Waals surface area contributed by atoms with Crippen molar-refractivity contribution >= 4 is 27.5 Å². The van der Waals surface area contributed by atoms with Crippen molar-refractivity contribution in [1.29, 1.82) is 0 Å². The van der Waals surface area contributed by atoms with Crippen LogP contribution in [0.1, 0.15) is 30.7 Å². The first-order valence-corrected chi connectivity index (χ1v) is 7.59. The largest absolute Gasteiger partial charge is 0.493 e. The third-order valence-electron chi connectivity index (χ3n) is 3.25. The summed E-state index contributed by atoms with van der Waals surface area (Å²) in [5.41, 5.74) is 1.15. The average molecular weight is 334 g/mol. The molecule has 4 heteroatoms. The van der Waals surface area contributed by atoms with E-state index in [9.17, 15) is 0 Å². The summed E-state index contributed by atoms with van der Waals surface area (Å²) in [7, 11) is 0. The second-order valence-electron chi connectivity index (χ2n) is 4.47. The van der Waals surface area contributed by atoms with Gasteiger partial charge in [0, 0.05) is 13.2 Å². The van der Waals surface area contributed by atoms with Crippen LogP contribution in [0.5, 0.6) is 5.75 Å². The van der Waals surface area contributed by atoms with Crippen molar-refractivity contribution in [3.63, 3.8) is 0 Å². The minimum absolute atomic E-state index is 0.0564. The Labute approximate surface area is 122 Å². The van der Waals surface area contributed by atoms with Crippen molar-refractivity contribution in [3.8, 4) is 5.75 Å². The number of alkyl halides is 1. The molecule has 0 saturated carbocycles. The normalized spacial score (nSPS) is 18.6. The van der Waals surface area contributed by atoms with E-state index < -0.39 is 0 Å². The molecule has 0 aliphatic carbocycles. The molecule has 1 fully saturated rings. The first-order chi connectivity index (χ1) is 8.72. The van der Waals surface area contributed by atoms with Crippen molar-refractivity contribution in [1.82, 2.24) is 0 Å². The fraction of sp³-hybridized carbons (Fsp3) is 0.571. The average Bonchev–Trinajstić information content (AvgIpc) is 2.41. The van der Waals surface area contributed by atoms with Gasteiger partial charge in [-0.3, -0.25) is 0 Å². The molecule has 0 amide bonds. The number of ether oxygens (including phenoxy) is 2. The van der Waals surface area contributed by atoms with Crippen LogP contribution >= 0.6 is 27.5 Å². The summed E-state index contributed by atoms with van der Waals surface area (Å²) in [5.74, 6) is 1.38. The molecule has 1 aliphatic rings. The van der Waals surface area contributed by atoms with Crippen LogP contribution in [-0.4, -0.2) is 19.8 Å². The highest BCUT2D eigenvalue weighted by Gasteiger charge is 2.24. The Balaban J connectivity index is 2.10. The minimum Gasteiger partial charge on any atom is -0.493 e. The lowest BCUT2D eigenvalue weighted by Gasteiger charge is -2.26. The monoisotopic (exact) mass is 332 g/mol. The molecule has 1 aromatic rings. The summed E-state index contributed by atoms with van der Waals surface area (Å²) in [6, 6.07) is 6.11. The lowest BCUT2D eigenvalue weighted by atomic mass is 9.92. The number of halogens is 2. The summed E-state index contributed by atoms with van der Waals surface area (Å²) in [5, 5.41) is 0.0564. The lowest BCUT2D eigenvalue weighted by Crippen LogP contribution is -2.19. The number of hydrogen-bond donors (Lipinski definition) is 0. The van der Waals surface area contributed by atoms with Crippen molar-refractivity contribution in [2.24, 2.45) is 5.92 Å². The number of hydrogen-bond acceptors (Lipinski definition) is 2. The Hall–Kier alpha value is -0.250. The molecule has 1 aliphatic heterocycles. The lowest BCUT2D eigenvalue weighted by molar-refractivity contribution is 0.0650. The van der Waals surface area contributed by atoms with Crippen LogP contribution in [0.2, 0.25) is 0 Å². The molecule has 1 aromatic carbocycles. The van der Waals surface area contributed by atoms with Crippen LogP contribution < -0.4 is 4.74 Å². The fourth-order valence-corrected chi connectivity index (χ4v) is 3.14. The van der Waals surface area contributed by atoms with Gasteiger partial charge in [-0.2, -0.15) is 0 Å². The molecule has 1 atom stereocenters. The van der Waals surface area contributed by atoms with E-state index in [4.69, 9.17) is 21.1 Å². The van der Waals surface area contributed by atoms with Gasteiger partial charge in [0.2, 0.25) is 0 Å². The molecule has 1 saturated heterocycles. The van der Waals surface area contributed by atoms with Crippen LogP contribution in [-0.2, 0) is 4.74 Å². The maximum Gasteiger partial charge on any atom is 0.133 e. The van der Waals surface area contributed by atoms with E-state index in [0.717, 1.165) is 41.8 Å². The quantitative estimate of drug-likeness (QED) is 0.752. The van der Waals surface area contributed by atoms with Gasteiger partial charge in [0.15, 0.2) is 0 Å². The van der Waals surface area contributed by atoms with E-state index in [1.54, 1.807) is 0 Å². The number of rotatable bonds is 4. The standard InChI is InChI=1S/C14H18BrClO2/c1-2-18-13-4-3-11(9-12(13)15)14(16)10-5-7-17-8-6-10/h3-4,9-10,14H,2,5-8H2,1H3. The van der Waals surface area contributed by atoms with E-state index in [2.05, 4.69) is 28.1 Å². The first-order valence-electron chi connectivity index (χ1n) is 6.36. The molecule has 0 radical (unpaired) electrons. The Morgan fingerprint density at radius 3 is 2.78 bits per heavy atom. The molecule has 2 nitrogen and oxygen atoms in total. The van der Waals surface area contributed by atoms with E-state index in [1.165, 1.54) is 0 Å². The van der Waals surface area contributed by atoms with Crippen molar-refractivity contribution in [2.45, 2.75) is 25.1 Å². The van der Waals surface area contributed by atoms with Crippen molar-refractivity contribution < 1.29 is 9.47 Å². The maximum absolute atomic E-state index is 6.57. The highest BCUT2D eigenvalue weighted by molar-refractivity contribution is 9.10. The SMILES string of the molecule is CCOc1ccc(C(Cl)C2CCOCC2)cc1Br. The van der Waals surface area contributed by atoms with Crippen LogP contribution in [0.15, 0.2) is 22.7 Å². The minimum atomic E-state index is 0.0564. The van der Waals surface area contributed by atoms with Gasteiger partial charge in [0.1, 0.15) is 5.75 Å². The second kappa shape index (κ2) is 6.78. The van der Waals surface area contributed by atoms with Crippen LogP contribution in [0.25, 0.3) is 0 Å². The van der Waals surface area contributed by atoms with Gasteiger partial charge in [-0.05, 0) is 59.3 Å². The third-order valence-corrected chi connectivity index (χ3v) is 4.48. The van der Waals surface area contributed by atoms with E-state index in [-0.39, 0.29) is 5.38 Å². The van der Waals surface area contributed by atoms with E-state index >= 15 is 0 Å². The predicted molar refractivity (Wildman–Crippen MR) is 77.4 cm³/mol. The van der Waals surface area contributed by atoms with Gasteiger partial charge in [-0.1, -0.05) is 6.07 Å². The van der Waals surface area contributed by atoms with Crippen molar-refractivity contribution in [3.05, 3.63) is 28.2 Å². The number of benzene rings is 1. The molecule has 0 bridgehead atoms. The molecule has 100 valence electrons. The van der Waals surface area contributed by atoms with Gasteiger partial charge >= 0.3 is 0 Å². The second-order valence-corrected chi connectivity index (χ2v) is 5.80. The Morgan fingerprint density at radius 2 is 2.17 bits per heavy atom. The van der Waals surface area contributed by atoms with Gasteiger partial charge in [-0.25, -0.2) is 0 Å². The fourth-order valence-electron chi connectivity index (χ4n) is 2.24. The maximum atomic E-state index is 6.57. The molecular weight excluding hydrogens is 316 g/mol. The summed E-state index contributed by atoms with van der Waals surface area (Å²) in [4.78, 5) is 0. The van der Waals surface area contributed by atoms with Gasteiger partial charge < -0.3 is 9.47 Å². The zero-order valence-corrected chi connectivity index (χ0v) is 12.8. The molecule has 1 heterocycles. The smallest absolute Gasteiger partial charge is 0.133 e. The summed E-state index contributed by atoms with van der Waals surface area (Å²) >= 11 is 10.1. The summed E-state index contributed by atoms with van der Waals surface area (Å²) in [6.45, 7) is 4.30. The van der Waals surface area contributed by atoms with Crippen LogP contribution in [0.4, 0.5) is 0 Å². The van der Waals surface area contributed by atoms with Gasteiger partial charge in [0.05, 0.1) is 16.5 Å². The summed E-state index contributed by atoms with van der Waals surface area (Å²) in [6.07, 6.45) is 2.08. The molecule has 1 unspecified atom stereocenters. The molecular formula is C14H18BrClO2. The van der Waals surface area contributed by atoms with Crippen LogP contribution in [0, 0.1) is 5.92 Å². The van der Waals surface area contributed by atoms with Crippen molar-refractivity contribution in [2.75, 3.05) is 19.8 Å².